The molecule has 0 bridgehead atoms. The van der Waals surface area contributed by atoms with Gasteiger partial charge in [-0.1, -0.05) is 31.6 Å². The maximum absolute atomic E-state index is 14.8. The van der Waals surface area contributed by atoms with E-state index in [9.17, 15) is 18.9 Å². The molecule has 172 valence electrons. The Hall–Kier alpha value is -4.25. The van der Waals surface area contributed by atoms with Crippen LogP contribution in [0.4, 0.5) is 14.5 Å². The summed E-state index contributed by atoms with van der Waals surface area (Å²) in [5, 5.41) is 10.9. The Morgan fingerprint density at radius 3 is 2.56 bits per heavy atom. The van der Waals surface area contributed by atoms with Crippen LogP contribution in [0, 0.1) is 33.6 Å². The minimum Gasteiger partial charge on any atom is -0.494 e. The zero-order valence-corrected chi connectivity index (χ0v) is 18.3. The SMILES string of the molecule is CCCCCOc1ccc(C#Cc2ccc(-c3nc4cc([N+](=O)[O-])ccc4o3)c(F)c2F)cc1. The average molecular weight is 462 g/mol. The van der Waals surface area contributed by atoms with E-state index in [1.807, 2.05) is 0 Å². The number of nitrogens with zero attached hydrogens (tertiary/aromatic N) is 2. The van der Waals surface area contributed by atoms with Crippen LogP contribution in [0.2, 0.25) is 0 Å². The van der Waals surface area contributed by atoms with Gasteiger partial charge in [-0.25, -0.2) is 13.8 Å². The Morgan fingerprint density at radius 1 is 1.03 bits per heavy atom. The maximum atomic E-state index is 14.8. The van der Waals surface area contributed by atoms with Crippen molar-refractivity contribution < 1.29 is 22.9 Å². The summed E-state index contributed by atoms with van der Waals surface area (Å²) >= 11 is 0. The lowest BCUT2D eigenvalue weighted by molar-refractivity contribution is -0.384. The monoisotopic (exact) mass is 462 g/mol. The third-order valence-corrected chi connectivity index (χ3v) is 5.11. The molecule has 0 saturated heterocycles. The van der Waals surface area contributed by atoms with Crippen LogP contribution in [0.3, 0.4) is 0 Å². The number of ether oxygens (including phenoxy) is 1. The highest BCUT2D eigenvalue weighted by Gasteiger charge is 2.19. The molecule has 0 radical (unpaired) electrons. The lowest BCUT2D eigenvalue weighted by Crippen LogP contribution is -1.96. The number of unbranched alkanes of at least 4 members (excludes halogenated alkanes) is 2. The fourth-order valence-corrected chi connectivity index (χ4v) is 3.27. The zero-order valence-electron chi connectivity index (χ0n) is 18.3. The molecule has 0 amide bonds. The van der Waals surface area contributed by atoms with Gasteiger partial charge in [-0.15, -0.1) is 0 Å². The second-order valence-electron chi connectivity index (χ2n) is 7.55. The van der Waals surface area contributed by atoms with Crippen molar-refractivity contribution in [2.24, 2.45) is 0 Å². The van der Waals surface area contributed by atoms with E-state index in [4.69, 9.17) is 9.15 Å². The standard InChI is InChI=1S/C26H20F2N2O4/c1-2-3-4-15-33-20-11-6-17(7-12-20)5-8-18-9-13-21(25(28)24(18)27)26-29-22-16-19(30(31)32)10-14-23(22)34-26/h6-7,9-14,16H,2-4,15H2,1H3. The Labute approximate surface area is 194 Å². The van der Waals surface area contributed by atoms with E-state index in [0.29, 0.717) is 12.2 Å². The van der Waals surface area contributed by atoms with Crippen molar-refractivity contribution in [2.45, 2.75) is 26.2 Å². The van der Waals surface area contributed by atoms with Crippen molar-refractivity contribution in [1.29, 1.82) is 0 Å². The molecular formula is C26H20F2N2O4. The Bertz CT molecular complexity index is 1400. The number of oxazole rings is 1. The van der Waals surface area contributed by atoms with Gasteiger partial charge < -0.3 is 9.15 Å². The van der Waals surface area contributed by atoms with Crippen LogP contribution in [0.25, 0.3) is 22.6 Å². The molecule has 1 aromatic heterocycles. The maximum Gasteiger partial charge on any atom is 0.271 e. The summed E-state index contributed by atoms with van der Waals surface area (Å²) in [5.74, 6) is 3.71. The number of benzene rings is 3. The van der Waals surface area contributed by atoms with Gasteiger partial charge in [0, 0.05) is 17.7 Å². The van der Waals surface area contributed by atoms with Crippen LogP contribution in [0.15, 0.2) is 59.0 Å². The first-order valence-corrected chi connectivity index (χ1v) is 10.7. The van der Waals surface area contributed by atoms with Crippen molar-refractivity contribution >= 4 is 16.8 Å². The highest BCUT2D eigenvalue weighted by atomic mass is 19.2. The molecule has 0 aliphatic carbocycles. The quantitative estimate of drug-likeness (QED) is 0.133. The van der Waals surface area contributed by atoms with Crippen molar-refractivity contribution in [1.82, 2.24) is 4.98 Å². The van der Waals surface area contributed by atoms with Crippen LogP contribution < -0.4 is 4.74 Å². The van der Waals surface area contributed by atoms with E-state index in [2.05, 4.69) is 23.7 Å². The molecule has 0 aliphatic heterocycles. The second-order valence-corrected chi connectivity index (χ2v) is 7.55. The lowest BCUT2D eigenvalue weighted by Gasteiger charge is -2.05. The predicted octanol–water partition coefficient (Wildman–Crippen LogP) is 6.65. The van der Waals surface area contributed by atoms with Crippen molar-refractivity contribution in [3.8, 4) is 29.0 Å². The normalized spacial score (nSPS) is 10.7. The van der Waals surface area contributed by atoms with Crippen LogP contribution in [0.5, 0.6) is 5.75 Å². The van der Waals surface area contributed by atoms with Gasteiger partial charge in [-0.3, -0.25) is 10.1 Å². The number of hydrogen-bond donors (Lipinski definition) is 0. The van der Waals surface area contributed by atoms with E-state index in [1.54, 1.807) is 24.3 Å². The van der Waals surface area contributed by atoms with Crippen molar-refractivity contribution in [3.63, 3.8) is 0 Å². The van der Waals surface area contributed by atoms with E-state index in [-0.39, 0.29) is 33.8 Å². The number of nitro benzene ring substituents is 1. The first-order valence-electron chi connectivity index (χ1n) is 10.7. The molecule has 4 rings (SSSR count). The molecule has 0 fully saturated rings. The Kier molecular flexibility index (Phi) is 6.83. The highest BCUT2D eigenvalue weighted by Crippen LogP contribution is 2.30. The number of nitro groups is 1. The van der Waals surface area contributed by atoms with Gasteiger partial charge in [0.15, 0.2) is 17.2 Å². The third-order valence-electron chi connectivity index (χ3n) is 5.11. The lowest BCUT2D eigenvalue weighted by atomic mass is 10.1. The number of fused-ring (bicyclic) bond motifs is 1. The van der Waals surface area contributed by atoms with Gasteiger partial charge in [0.05, 0.1) is 22.7 Å². The summed E-state index contributed by atoms with van der Waals surface area (Å²) in [7, 11) is 0. The third kappa shape index (κ3) is 5.04. The van der Waals surface area contributed by atoms with Crippen molar-refractivity contribution in [3.05, 3.63) is 87.5 Å². The molecule has 0 unspecified atom stereocenters. The highest BCUT2D eigenvalue weighted by molar-refractivity contribution is 5.78. The molecule has 0 saturated carbocycles. The first-order chi connectivity index (χ1) is 16.5. The smallest absolute Gasteiger partial charge is 0.271 e. The van der Waals surface area contributed by atoms with Crippen LogP contribution in [0.1, 0.15) is 37.3 Å². The topological polar surface area (TPSA) is 78.4 Å². The zero-order chi connectivity index (χ0) is 24.1. The molecule has 34 heavy (non-hydrogen) atoms. The summed E-state index contributed by atoms with van der Waals surface area (Å²) in [6, 6.07) is 13.5. The summed E-state index contributed by atoms with van der Waals surface area (Å²) in [4.78, 5) is 14.4. The van der Waals surface area contributed by atoms with E-state index in [1.165, 1.54) is 30.3 Å². The molecule has 0 atom stereocenters. The fraction of sp³-hybridized carbons (Fsp3) is 0.192. The van der Waals surface area contributed by atoms with Gasteiger partial charge in [0.1, 0.15) is 11.3 Å². The molecule has 3 aromatic carbocycles. The molecule has 0 aliphatic rings. The summed E-state index contributed by atoms with van der Waals surface area (Å²) in [5.41, 5.74) is 0.526. The van der Waals surface area contributed by atoms with Gasteiger partial charge in [-0.05, 0) is 48.9 Å². The molecule has 6 nitrogen and oxygen atoms in total. The van der Waals surface area contributed by atoms with Crippen LogP contribution >= 0.6 is 0 Å². The number of non-ortho nitro benzene ring substituents is 1. The molecule has 0 N–H and O–H groups in total. The molecule has 1 heterocycles. The number of aromatic nitrogens is 1. The summed E-state index contributed by atoms with van der Waals surface area (Å²) in [6.07, 6.45) is 3.22. The fourth-order valence-electron chi connectivity index (χ4n) is 3.27. The van der Waals surface area contributed by atoms with Crippen LogP contribution in [-0.2, 0) is 0 Å². The van der Waals surface area contributed by atoms with Crippen molar-refractivity contribution in [2.75, 3.05) is 6.61 Å². The van der Waals surface area contributed by atoms with Gasteiger partial charge in [-0.2, -0.15) is 0 Å². The van der Waals surface area contributed by atoms with Crippen LogP contribution in [-0.4, -0.2) is 16.5 Å². The second kappa shape index (κ2) is 10.1. The minimum absolute atomic E-state index is 0.118. The average Bonchev–Trinajstić information content (AvgIpc) is 3.26. The number of halogens is 2. The van der Waals surface area contributed by atoms with E-state index in [0.717, 1.165) is 25.0 Å². The van der Waals surface area contributed by atoms with Gasteiger partial charge in [0.25, 0.3) is 5.69 Å². The first kappa shape index (κ1) is 22.9. The Morgan fingerprint density at radius 2 is 1.82 bits per heavy atom. The predicted molar refractivity (Wildman–Crippen MR) is 123 cm³/mol. The number of rotatable bonds is 7. The molecular weight excluding hydrogens is 442 g/mol. The minimum atomic E-state index is -1.16. The van der Waals surface area contributed by atoms with E-state index < -0.39 is 16.6 Å². The van der Waals surface area contributed by atoms with E-state index >= 15 is 0 Å². The largest absolute Gasteiger partial charge is 0.494 e. The van der Waals surface area contributed by atoms with Gasteiger partial charge in [0.2, 0.25) is 5.89 Å². The molecule has 8 heteroatoms. The summed E-state index contributed by atoms with van der Waals surface area (Å²) in [6.45, 7) is 2.77. The summed E-state index contributed by atoms with van der Waals surface area (Å²) < 4.78 is 40.6. The molecule has 4 aromatic rings. The molecule has 0 spiro atoms. The number of hydrogen-bond acceptors (Lipinski definition) is 5. The Balaban J connectivity index is 1.53. The van der Waals surface area contributed by atoms with Gasteiger partial charge >= 0.3 is 0 Å².